The van der Waals surface area contributed by atoms with Gasteiger partial charge in [0.2, 0.25) is 17.5 Å². The van der Waals surface area contributed by atoms with E-state index < -0.39 is 0 Å². The van der Waals surface area contributed by atoms with Crippen LogP contribution in [0.1, 0.15) is 18.5 Å². The molecule has 1 saturated heterocycles. The minimum absolute atomic E-state index is 0.175. The van der Waals surface area contributed by atoms with E-state index in [0.717, 1.165) is 25.0 Å². The third kappa shape index (κ3) is 2.63. The number of anilines is 1. The minimum Gasteiger partial charge on any atom is -0.419 e. The second-order valence-electron chi connectivity index (χ2n) is 4.57. The summed E-state index contributed by atoms with van der Waals surface area (Å²) < 4.78 is 11.1. The van der Waals surface area contributed by atoms with Crippen LogP contribution in [0.4, 0.5) is 5.88 Å². The molecule has 0 aromatic carbocycles. The van der Waals surface area contributed by atoms with Crippen LogP contribution in [-0.2, 0) is 4.74 Å². The summed E-state index contributed by atoms with van der Waals surface area (Å²) in [5.74, 6) is 0.784. The van der Waals surface area contributed by atoms with Gasteiger partial charge in [0.1, 0.15) is 6.07 Å². The van der Waals surface area contributed by atoms with Crippen molar-refractivity contribution in [1.29, 1.82) is 5.26 Å². The molecule has 0 radical (unpaired) electrons. The Morgan fingerprint density at radius 2 is 2.45 bits per heavy atom. The van der Waals surface area contributed by atoms with Gasteiger partial charge in [0.15, 0.2) is 0 Å². The first kappa shape index (κ1) is 12.6. The van der Waals surface area contributed by atoms with E-state index in [2.05, 4.69) is 15.3 Å². The Kier molecular flexibility index (Phi) is 3.61. The Hall–Kier alpha value is -2.39. The number of aromatic nitrogens is 2. The van der Waals surface area contributed by atoms with Crippen molar-refractivity contribution >= 4 is 5.88 Å². The number of nitriles is 1. The molecule has 6 nitrogen and oxygen atoms in total. The molecule has 3 heterocycles. The van der Waals surface area contributed by atoms with Crippen LogP contribution < -0.4 is 5.32 Å². The average molecular weight is 270 g/mol. The maximum atomic E-state index is 9.11. The lowest BCUT2D eigenvalue weighted by atomic mass is 10.2. The third-order valence-electron chi connectivity index (χ3n) is 3.16. The molecule has 102 valence electrons. The number of hydrogen-bond acceptors (Lipinski definition) is 6. The number of hydrogen-bond donors (Lipinski definition) is 1. The molecule has 2 aromatic heterocycles. The van der Waals surface area contributed by atoms with Gasteiger partial charge in [-0.15, -0.1) is 0 Å². The van der Waals surface area contributed by atoms with E-state index in [1.54, 1.807) is 18.5 Å². The van der Waals surface area contributed by atoms with Crippen LogP contribution in [-0.4, -0.2) is 29.2 Å². The average Bonchev–Trinajstić information content (AvgIpc) is 3.15. The lowest BCUT2D eigenvalue weighted by Gasteiger charge is -2.09. The topological polar surface area (TPSA) is 84.0 Å². The molecule has 3 rings (SSSR count). The molecule has 0 amide bonds. The number of nitrogens with zero attached hydrogens (tertiary/aromatic N) is 3. The third-order valence-corrected chi connectivity index (χ3v) is 3.16. The predicted octanol–water partition coefficient (Wildman–Crippen LogP) is 2.20. The molecule has 0 aliphatic carbocycles. The molecule has 1 N–H and O–H groups in total. The lowest BCUT2D eigenvalue weighted by Crippen LogP contribution is -2.18. The van der Waals surface area contributed by atoms with Gasteiger partial charge in [-0.2, -0.15) is 10.2 Å². The molecule has 2 aromatic rings. The first-order valence-electron chi connectivity index (χ1n) is 6.53. The second-order valence-corrected chi connectivity index (χ2v) is 4.57. The first-order chi connectivity index (χ1) is 9.86. The molecule has 20 heavy (non-hydrogen) atoms. The van der Waals surface area contributed by atoms with Crippen molar-refractivity contribution in [2.75, 3.05) is 18.5 Å². The Morgan fingerprint density at radius 3 is 3.15 bits per heavy atom. The van der Waals surface area contributed by atoms with Gasteiger partial charge >= 0.3 is 0 Å². The molecule has 0 saturated carbocycles. The van der Waals surface area contributed by atoms with Gasteiger partial charge in [-0.25, -0.2) is 0 Å². The summed E-state index contributed by atoms with van der Waals surface area (Å²) in [6.45, 7) is 1.42. The van der Waals surface area contributed by atoms with Crippen LogP contribution in [0, 0.1) is 11.3 Å². The normalized spacial score (nSPS) is 17.9. The quantitative estimate of drug-likeness (QED) is 0.916. The molecule has 0 unspecified atom stereocenters. The summed E-state index contributed by atoms with van der Waals surface area (Å²) in [6.07, 6.45) is 5.60. The van der Waals surface area contributed by atoms with E-state index >= 15 is 0 Å². The fraction of sp³-hybridized carbons (Fsp3) is 0.357. The van der Waals surface area contributed by atoms with Crippen molar-refractivity contribution in [1.82, 2.24) is 9.97 Å². The SMILES string of the molecule is N#Cc1nc(-c2cccnc2)oc1NC[C@@H]1CCCO1. The monoisotopic (exact) mass is 270 g/mol. The van der Waals surface area contributed by atoms with Gasteiger partial charge < -0.3 is 14.5 Å². The van der Waals surface area contributed by atoms with Crippen LogP contribution in [0.15, 0.2) is 28.9 Å². The van der Waals surface area contributed by atoms with E-state index in [4.69, 9.17) is 14.4 Å². The fourth-order valence-corrected chi connectivity index (χ4v) is 2.14. The van der Waals surface area contributed by atoms with Gasteiger partial charge in [-0.3, -0.25) is 4.98 Å². The standard InChI is InChI=1S/C14H14N4O2/c15-7-12-14(17-9-11-4-2-6-19-11)20-13(18-12)10-3-1-5-16-8-10/h1,3,5,8,11,17H,2,4,6,9H2/t11-/m0/s1. The first-order valence-corrected chi connectivity index (χ1v) is 6.53. The van der Waals surface area contributed by atoms with Crippen LogP contribution in [0.5, 0.6) is 0 Å². The van der Waals surface area contributed by atoms with Crippen molar-refractivity contribution in [3.63, 3.8) is 0 Å². The second kappa shape index (κ2) is 5.72. The van der Waals surface area contributed by atoms with Gasteiger partial charge in [-0.1, -0.05) is 0 Å². The lowest BCUT2D eigenvalue weighted by molar-refractivity contribution is 0.120. The highest BCUT2D eigenvalue weighted by Gasteiger charge is 2.18. The van der Waals surface area contributed by atoms with E-state index in [9.17, 15) is 0 Å². The Balaban J connectivity index is 1.77. The molecule has 0 bridgehead atoms. The Labute approximate surface area is 116 Å². The summed E-state index contributed by atoms with van der Waals surface area (Å²) in [4.78, 5) is 8.18. The highest BCUT2D eigenvalue weighted by Crippen LogP contribution is 2.25. The molecule has 0 spiro atoms. The molecule has 6 heteroatoms. The number of rotatable bonds is 4. The largest absolute Gasteiger partial charge is 0.419 e. The summed E-state index contributed by atoms with van der Waals surface area (Å²) >= 11 is 0. The van der Waals surface area contributed by atoms with E-state index in [0.29, 0.717) is 18.3 Å². The summed E-state index contributed by atoms with van der Waals surface area (Å²) in [7, 11) is 0. The number of nitrogens with one attached hydrogen (secondary N) is 1. The smallest absolute Gasteiger partial charge is 0.232 e. The van der Waals surface area contributed by atoms with Gasteiger partial charge in [-0.05, 0) is 25.0 Å². The van der Waals surface area contributed by atoms with Gasteiger partial charge in [0.25, 0.3) is 0 Å². The minimum atomic E-state index is 0.175. The zero-order valence-electron chi connectivity index (χ0n) is 10.9. The highest BCUT2D eigenvalue weighted by atomic mass is 16.5. The van der Waals surface area contributed by atoms with Crippen molar-refractivity contribution < 1.29 is 9.15 Å². The number of ether oxygens (including phenoxy) is 1. The maximum absolute atomic E-state index is 9.11. The number of oxazole rings is 1. The Morgan fingerprint density at radius 1 is 1.50 bits per heavy atom. The molecule has 1 atom stereocenters. The highest BCUT2D eigenvalue weighted by molar-refractivity contribution is 5.57. The van der Waals surface area contributed by atoms with Gasteiger partial charge in [0, 0.05) is 25.5 Å². The van der Waals surface area contributed by atoms with E-state index in [1.165, 1.54) is 0 Å². The van der Waals surface area contributed by atoms with Crippen LogP contribution in [0.3, 0.4) is 0 Å². The van der Waals surface area contributed by atoms with Crippen LogP contribution in [0.2, 0.25) is 0 Å². The molecular formula is C14H14N4O2. The van der Waals surface area contributed by atoms with E-state index in [-0.39, 0.29) is 11.8 Å². The number of pyridine rings is 1. The predicted molar refractivity (Wildman–Crippen MR) is 71.9 cm³/mol. The van der Waals surface area contributed by atoms with Crippen molar-refractivity contribution in [3.05, 3.63) is 30.2 Å². The molecule has 1 aliphatic rings. The van der Waals surface area contributed by atoms with Crippen molar-refractivity contribution in [2.45, 2.75) is 18.9 Å². The van der Waals surface area contributed by atoms with Gasteiger partial charge in [0.05, 0.1) is 11.7 Å². The van der Waals surface area contributed by atoms with E-state index in [1.807, 2.05) is 12.1 Å². The van der Waals surface area contributed by atoms with Crippen LogP contribution in [0.25, 0.3) is 11.5 Å². The Bertz CT molecular complexity index is 612. The van der Waals surface area contributed by atoms with Crippen molar-refractivity contribution in [3.8, 4) is 17.5 Å². The molecule has 1 fully saturated rings. The van der Waals surface area contributed by atoms with Crippen molar-refractivity contribution in [2.24, 2.45) is 0 Å². The zero-order valence-corrected chi connectivity index (χ0v) is 10.9. The summed E-state index contributed by atoms with van der Waals surface area (Å²) in [5, 5.41) is 12.2. The fourth-order valence-electron chi connectivity index (χ4n) is 2.14. The molecule has 1 aliphatic heterocycles. The van der Waals surface area contributed by atoms with Crippen LogP contribution >= 0.6 is 0 Å². The summed E-state index contributed by atoms with van der Waals surface area (Å²) in [6, 6.07) is 5.67. The maximum Gasteiger partial charge on any atom is 0.232 e. The molecular weight excluding hydrogens is 256 g/mol. The zero-order chi connectivity index (χ0) is 13.8. The summed E-state index contributed by atoms with van der Waals surface area (Å²) in [5.41, 5.74) is 0.996.